The first-order valence-electron chi connectivity index (χ1n) is 4.97. The third kappa shape index (κ3) is 3.11. The molecule has 0 radical (unpaired) electrons. The third-order valence-electron chi connectivity index (χ3n) is 2.32. The molecule has 1 rings (SSSR count). The molecular weight excluding hydrogens is 240 g/mol. The largest absolute Gasteiger partial charge is 0.478 e. The van der Waals surface area contributed by atoms with E-state index in [1.807, 2.05) is 0 Å². The summed E-state index contributed by atoms with van der Waals surface area (Å²) in [5, 5.41) is 31.4. The second-order valence-corrected chi connectivity index (χ2v) is 3.58. The van der Waals surface area contributed by atoms with Crippen LogP contribution in [0, 0.1) is 0 Å². The summed E-state index contributed by atoms with van der Waals surface area (Å²) in [7, 11) is 0. The molecule has 0 amide bonds. The van der Waals surface area contributed by atoms with E-state index in [2.05, 4.69) is 10.0 Å². The lowest BCUT2D eigenvalue weighted by Crippen LogP contribution is -2.23. The van der Waals surface area contributed by atoms with Crippen LogP contribution in [0.1, 0.15) is 22.0 Å². The molecule has 18 heavy (non-hydrogen) atoms. The maximum atomic E-state index is 11.0. The van der Waals surface area contributed by atoms with E-state index >= 15 is 0 Å². The van der Waals surface area contributed by atoms with Crippen molar-refractivity contribution in [2.45, 2.75) is 12.2 Å². The number of carboxylic acid groups (broad SMARTS) is 1. The summed E-state index contributed by atoms with van der Waals surface area (Å²) in [6.07, 6.45) is -2.86. The normalized spacial score (nSPS) is 13.4. The Morgan fingerprint density at radius 3 is 2.72 bits per heavy atom. The van der Waals surface area contributed by atoms with E-state index in [0.29, 0.717) is 0 Å². The number of nitrogens with zero attached hydrogens (tertiary/aromatic N) is 3. The van der Waals surface area contributed by atoms with Crippen LogP contribution in [0.4, 0.5) is 5.69 Å². The Bertz CT molecular complexity index is 499. The van der Waals surface area contributed by atoms with Crippen LogP contribution in [0.5, 0.6) is 0 Å². The molecule has 0 spiro atoms. The topological polar surface area (TPSA) is 153 Å². The van der Waals surface area contributed by atoms with Gasteiger partial charge in [0.2, 0.25) is 0 Å². The molecule has 1 aromatic rings. The lowest BCUT2D eigenvalue weighted by atomic mass is 9.98. The highest BCUT2D eigenvalue weighted by Gasteiger charge is 2.23. The summed E-state index contributed by atoms with van der Waals surface area (Å²) < 4.78 is 0. The molecule has 0 bridgehead atoms. The summed E-state index contributed by atoms with van der Waals surface area (Å²) in [6.45, 7) is -0.360. The van der Waals surface area contributed by atoms with Gasteiger partial charge in [-0.1, -0.05) is 11.2 Å². The Labute approximate surface area is 102 Å². The van der Waals surface area contributed by atoms with Crippen molar-refractivity contribution in [1.82, 2.24) is 0 Å². The third-order valence-corrected chi connectivity index (χ3v) is 2.32. The van der Waals surface area contributed by atoms with Crippen molar-refractivity contribution in [1.29, 1.82) is 0 Å². The molecule has 5 N–H and O–H groups in total. The number of carbonyl (C=O) groups is 1. The molecule has 0 aromatic heterocycles. The standard InChI is InChI=1S/C10H12N4O4/c11-5-1-2-6(7(3-5)10(17)18)9(16)8(15)4-13-14-12/h1-3,8-9,15-16H,4,11H2,(H,17,18). The Kier molecular flexibility index (Phi) is 4.50. The second-order valence-electron chi connectivity index (χ2n) is 3.58. The van der Waals surface area contributed by atoms with Crippen molar-refractivity contribution in [3.8, 4) is 0 Å². The zero-order valence-electron chi connectivity index (χ0n) is 9.26. The van der Waals surface area contributed by atoms with Crippen molar-refractivity contribution in [3.05, 3.63) is 39.8 Å². The minimum Gasteiger partial charge on any atom is -0.478 e. The second kappa shape index (κ2) is 5.87. The van der Waals surface area contributed by atoms with Crippen LogP contribution in [0.3, 0.4) is 0 Å². The number of hydrogen-bond acceptors (Lipinski definition) is 5. The van der Waals surface area contributed by atoms with Crippen LogP contribution in [0.15, 0.2) is 23.3 Å². The van der Waals surface area contributed by atoms with Gasteiger partial charge >= 0.3 is 5.97 Å². The Morgan fingerprint density at radius 2 is 2.17 bits per heavy atom. The van der Waals surface area contributed by atoms with Gasteiger partial charge in [-0.2, -0.15) is 0 Å². The first-order chi connectivity index (χ1) is 8.47. The van der Waals surface area contributed by atoms with Crippen LogP contribution in [-0.4, -0.2) is 33.9 Å². The van der Waals surface area contributed by atoms with Crippen molar-refractivity contribution < 1.29 is 20.1 Å². The number of benzene rings is 1. The van der Waals surface area contributed by atoms with Gasteiger partial charge in [-0.25, -0.2) is 4.79 Å². The number of aliphatic hydroxyl groups excluding tert-OH is 2. The average Bonchev–Trinajstić information content (AvgIpc) is 2.34. The van der Waals surface area contributed by atoms with Crippen LogP contribution >= 0.6 is 0 Å². The smallest absolute Gasteiger partial charge is 0.336 e. The van der Waals surface area contributed by atoms with E-state index in [1.165, 1.54) is 18.2 Å². The lowest BCUT2D eigenvalue weighted by molar-refractivity contribution is 0.0232. The molecule has 0 aliphatic carbocycles. The highest BCUT2D eigenvalue weighted by atomic mass is 16.4. The quantitative estimate of drug-likeness (QED) is 0.262. The Hall–Kier alpha value is -2.28. The van der Waals surface area contributed by atoms with Crippen LogP contribution in [-0.2, 0) is 0 Å². The average molecular weight is 252 g/mol. The van der Waals surface area contributed by atoms with E-state index in [4.69, 9.17) is 16.4 Å². The predicted octanol–water partition coefficient (Wildman–Crippen LogP) is 0.672. The number of carboxylic acids is 1. The van der Waals surface area contributed by atoms with Gasteiger partial charge in [0, 0.05) is 10.6 Å². The monoisotopic (exact) mass is 252 g/mol. The van der Waals surface area contributed by atoms with E-state index in [0.717, 1.165) is 0 Å². The van der Waals surface area contributed by atoms with Crippen LogP contribution in [0.25, 0.3) is 10.4 Å². The van der Waals surface area contributed by atoms with E-state index in [1.54, 1.807) is 0 Å². The molecule has 0 fully saturated rings. The number of aromatic carboxylic acids is 1. The minimum atomic E-state index is -1.47. The zero-order chi connectivity index (χ0) is 13.7. The fourth-order valence-electron chi connectivity index (χ4n) is 1.44. The van der Waals surface area contributed by atoms with Crippen molar-refractivity contribution in [2.75, 3.05) is 12.3 Å². The number of azide groups is 1. The number of rotatable bonds is 5. The molecule has 0 aliphatic heterocycles. The molecule has 0 aliphatic rings. The van der Waals surface area contributed by atoms with Gasteiger partial charge in [-0.15, -0.1) is 0 Å². The first-order valence-corrected chi connectivity index (χ1v) is 4.97. The van der Waals surface area contributed by atoms with Crippen molar-refractivity contribution in [2.24, 2.45) is 5.11 Å². The number of nitrogen functional groups attached to an aromatic ring is 1. The molecule has 0 saturated heterocycles. The molecule has 8 nitrogen and oxygen atoms in total. The molecule has 1 aromatic carbocycles. The summed E-state index contributed by atoms with van der Waals surface area (Å²) in [5.41, 5.74) is 13.6. The molecule has 2 atom stereocenters. The molecular formula is C10H12N4O4. The highest BCUT2D eigenvalue weighted by Crippen LogP contribution is 2.23. The fraction of sp³-hybridized carbons (Fsp3) is 0.300. The fourth-order valence-corrected chi connectivity index (χ4v) is 1.44. The zero-order valence-corrected chi connectivity index (χ0v) is 9.26. The minimum absolute atomic E-state index is 0.0114. The van der Waals surface area contributed by atoms with E-state index < -0.39 is 18.2 Å². The number of anilines is 1. The molecule has 8 heteroatoms. The molecule has 0 heterocycles. The van der Waals surface area contributed by atoms with Crippen LogP contribution < -0.4 is 5.73 Å². The Balaban J connectivity index is 3.08. The van der Waals surface area contributed by atoms with Crippen LogP contribution in [0.2, 0.25) is 0 Å². The van der Waals surface area contributed by atoms with E-state index in [-0.39, 0.29) is 23.4 Å². The van der Waals surface area contributed by atoms with Gasteiger partial charge in [0.25, 0.3) is 0 Å². The maximum absolute atomic E-state index is 11.0. The van der Waals surface area contributed by atoms with Gasteiger partial charge < -0.3 is 21.1 Å². The van der Waals surface area contributed by atoms with Gasteiger partial charge in [0.05, 0.1) is 18.2 Å². The summed E-state index contributed by atoms with van der Waals surface area (Å²) in [5.74, 6) is -1.27. The molecule has 96 valence electrons. The van der Waals surface area contributed by atoms with Gasteiger partial charge in [0.1, 0.15) is 6.10 Å². The molecule has 0 saturated carbocycles. The van der Waals surface area contributed by atoms with Gasteiger partial charge in [-0.05, 0) is 23.2 Å². The highest BCUT2D eigenvalue weighted by molar-refractivity contribution is 5.90. The number of aliphatic hydroxyl groups is 2. The van der Waals surface area contributed by atoms with E-state index in [9.17, 15) is 15.0 Å². The summed E-state index contributed by atoms with van der Waals surface area (Å²) in [6, 6.07) is 3.90. The van der Waals surface area contributed by atoms with Crippen molar-refractivity contribution in [3.63, 3.8) is 0 Å². The number of nitrogens with two attached hydrogens (primary N) is 1. The van der Waals surface area contributed by atoms with Gasteiger partial charge in [-0.3, -0.25) is 0 Å². The van der Waals surface area contributed by atoms with Gasteiger partial charge in [0.15, 0.2) is 0 Å². The molecule has 2 unspecified atom stereocenters. The summed E-state index contributed by atoms with van der Waals surface area (Å²) in [4.78, 5) is 13.4. The number of hydrogen-bond donors (Lipinski definition) is 4. The SMILES string of the molecule is [N-]=[N+]=NCC(O)C(O)c1ccc(N)cc1C(=O)O. The maximum Gasteiger partial charge on any atom is 0.336 e. The predicted molar refractivity (Wildman–Crippen MR) is 62.8 cm³/mol. The first kappa shape index (κ1) is 13.8. The lowest BCUT2D eigenvalue weighted by Gasteiger charge is -2.18. The Morgan fingerprint density at radius 1 is 1.50 bits per heavy atom. The summed E-state index contributed by atoms with van der Waals surface area (Å²) >= 11 is 0. The van der Waals surface area contributed by atoms with Crippen molar-refractivity contribution >= 4 is 11.7 Å².